The lowest BCUT2D eigenvalue weighted by molar-refractivity contribution is -0.144. The molecule has 15 N–H and O–H groups in total. The number of hydrogen-bond donors (Lipinski definition) is 14. The van der Waals surface area contributed by atoms with Gasteiger partial charge in [-0.2, -0.15) is 0 Å². The van der Waals surface area contributed by atoms with Crippen LogP contribution in [0.15, 0.2) is 116 Å². The molecule has 1 aromatic heterocycles. The number of halogens is 1. The zero-order valence-corrected chi connectivity index (χ0v) is 64.7. The highest BCUT2D eigenvalue weighted by Crippen LogP contribution is 2.24. The number of aromatic hydroxyl groups is 1. The number of nitrogens with one attached hydrogen (secondary N) is 11. The lowest BCUT2D eigenvalue weighted by Crippen LogP contribution is -2.61. The number of unbranched alkanes of at least 4 members (excludes halogenated alkanes) is 2. The van der Waals surface area contributed by atoms with Gasteiger partial charge in [-0.3, -0.25) is 67.3 Å². The van der Waals surface area contributed by atoms with Crippen molar-refractivity contribution in [2.45, 2.75) is 210 Å². The first-order valence-electron chi connectivity index (χ1n) is 38.1. The Morgan fingerprint density at radius 1 is 0.640 bits per heavy atom. The van der Waals surface area contributed by atoms with E-state index in [2.05, 4.69) is 63.5 Å². The Balaban J connectivity index is 1.24. The predicted molar refractivity (Wildman–Crippen MR) is 416 cm³/mol. The van der Waals surface area contributed by atoms with Gasteiger partial charge >= 0.3 is 0 Å². The van der Waals surface area contributed by atoms with Gasteiger partial charge in [-0.15, -0.1) is 0 Å². The number of aliphatic hydroxyl groups excluding tert-OH is 1. The van der Waals surface area contributed by atoms with E-state index in [9.17, 15) is 48.6 Å². The third-order valence-corrected chi connectivity index (χ3v) is 19.7. The highest BCUT2D eigenvalue weighted by Gasteiger charge is 2.41. The molecular formula is C80H108ClN15O15. The van der Waals surface area contributed by atoms with Gasteiger partial charge in [0.15, 0.2) is 0 Å². The zero-order valence-electron chi connectivity index (χ0n) is 64.0. The Labute approximate surface area is 652 Å². The molecule has 0 saturated carbocycles. The van der Waals surface area contributed by atoms with Gasteiger partial charge in [0, 0.05) is 82.7 Å². The number of primary amides is 1. The molecule has 2 aliphatic rings. The number of benzene rings is 4. The van der Waals surface area contributed by atoms with Crippen LogP contribution in [-0.2, 0) is 76.8 Å². The lowest BCUT2D eigenvalue weighted by Gasteiger charge is -2.33. The quantitative estimate of drug-likeness (QED) is 0.0336. The fraction of sp³-hybridized carbons (Fsp3) is 0.500. The molecule has 3 heterocycles. The number of aromatic nitrogens is 1. The molecule has 13 amide bonds. The molecule has 10 atom stereocenters. The van der Waals surface area contributed by atoms with Crippen molar-refractivity contribution in [1.29, 1.82) is 0 Å². The van der Waals surface area contributed by atoms with E-state index in [1.807, 2.05) is 70.2 Å². The summed E-state index contributed by atoms with van der Waals surface area (Å²) in [5.41, 5.74) is 7.74. The summed E-state index contributed by atoms with van der Waals surface area (Å²) in [6.45, 7) is 8.55. The van der Waals surface area contributed by atoms with Crippen LogP contribution < -0.4 is 64.2 Å². The molecule has 2 fully saturated rings. The Morgan fingerprint density at radius 3 is 1.95 bits per heavy atom. The van der Waals surface area contributed by atoms with E-state index in [1.54, 1.807) is 36.4 Å². The van der Waals surface area contributed by atoms with Gasteiger partial charge in [-0.05, 0) is 160 Å². The topological polar surface area (TPSA) is 440 Å². The van der Waals surface area contributed by atoms with E-state index in [4.69, 9.17) is 17.3 Å². The third-order valence-electron chi connectivity index (χ3n) is 19.4. The number of pyridine rings is 1. The van der Waals surface area contributed by atoms with E-state index in [-0.39, 0.29) is 127 Å². The average Bonchev–Trinajstić information content (AvgIpc) is 1.04. The van der Waals surface area contributed by atoms with Crippen LogP contribution in [-0.4, -0.2) is 208 Å². The van der Waals surface area contributed by atoms with Crippen molar-refractivity contribution in [2.75, 3.05) is 39.8 Å². The summed E-state index contributed by atoms with van der Waals surface area (Å²) in [6.07, 6.45) is 4.00. The third kappa shape index (κ3) is 28.3. The second-order valence-electron chi connectivity index (χ2n) is 29.1. The Kier molecular flexibility index (Phi) is 35.0. The highest BCUT2D eigenvalue weighted by atomic mass is 35.5. The first-order chi connectivity index (χ1) is 53.1. The van der Waals surface area contributed by atoms with Crippen LogP contribution in [0.1, 0.15) is 152 Å². The number of fused-ring (bicyclic) bond motifs is 2. The molecule has 0 spiro atoms. The molecule has 111 heavy (non-hydrogen) atoms. The summed E-state index contributed by atoms with van der Waals surface area (Å²) in [7, 11) is 1.24. The number of rotatable bonds is 27. The molecule has 2 saturated heterocycles. The van der Waals surface area contributed by atoms with Crippen LogP contribution in [0.2, 0.25) is 5.02 Å². The molecule has 600 valence electrons. The molecule has 0 aliphatic carbocycles. The molecule has 2 aliphatic heterocycles. The molecule has 7 rings (SSSR count). The Bertz CT molecular complexity index is 4000. The van der Waals surface area contributed by atoms with Crippen LogP contribution in [0.3, 0.4) is 0 Å². The number of phenolic OH excluding ortho intramolecular Hbond substituents is 1. The largest absolute Gasteiger partial charge is 0.508 e. The van der Waals surface area contributed by atoms with Crippen molar-refractivity contribution in [3.05, 3.63) is 143 Å². The monoisotopic (exact) mass is 1550 g/mol. The number of aliphatic hydroxyl groups is 1. The summed E-state index contributed by atoms with van der Waals surface area (Å²) in [5.74, 6) is -10.4. The summed E-state index contributed by atoms with van der Waals surface area (Å²) in [6, 6.07) is 14.4. The average molecular weight is 1560 g/mol. The summed E-state index contributed by atoms with van der Waals surface area (Å²) >= 11 is 6.28. The number of nitrogens with zero attached hydrogens (tertiary/aromatic N) is 3. The molecule has 4 aromatic carbocycles. The minimum Gasteiger partial charge on any atom is -0.508 e. The van der Waals surface area contributed by atoms with Gasteiger partial charge in [-0.25, -0.2) is 0 Å². The van der Waals surface area contributed by atoms with Crippen molar-refractivity contribution in [3.63, 3.8) is 0 Å². The Hall–Kier alpha value is -10.6. The maximum Gasteiger partial charge on any atom is 0.252 e. The fourth-order valence-corrected chi connectivity index (χ4v) is 13.5. The number of likely N-dealkylation sites (N-methyl/N-ethyl adjacent to an activating group) is 1. The van der Waals surface area contributed by atoms with Gasteiger partial charge < -0.3 is 84.2 Å². The molecular weight excluding hydrogens is 1450 g/mol. The number of carbonyl (C=O) groups excluding carboxylic acids is 13. The summed E-state index contributed by atoms with van der Waals surface area (Å²) in [5, 5.41) is 54.6. The fourth-order valence-electron chi connectivity index (χ4n) is 13.4. The maximum absolute atomic E-state index is 15.4. The van der Waals surface area contributed by atoms with E-state index < -0.39 is 144 Å². The van der Waals surface area contributed by atoms with Crippen LogP contribution in [0.25, 0.3) is 10.8 Å². The van der Waals surface area contributed by atoms with Gasteiger partial charge in [0.1, 0.15) is 66.2 Å². The first-order valence-corrected chi connectivity index (χ1v) is 38.5. The van der Waals surface area contributed by atoms with Crippen molar-refractivity contribution in [3.8, 4) is 5.75 Å². The van der Waals surface area contributed by atoms with Crippen molar-refractivity contribution in [1.82, 2.24) is 73.3 Å². The minimum absolute atomic E-state index is 0.00365. The van der Waals surface area contributed by atoms with Gasteiger partial charge in [-0.1, -0.05) is 106 Å². The highest BCUT2D eigenvalue weighted by molar-refractivity contribution is 6.30. The number of phenols is 1. The van der Waals surface area contributed by atoms with Crippen molar-refractivity contribution < 1.29 is 72.5 Å². The number of amides is 13. The van der Waals surface area contributed by atoms with E-state index in [0.29, 0.717) is 53.1 Å². The normalized spacial score (nSPS) is 21.1. The number of nitrogens with two attached hydrogens (primary N) is 1. The van der Waals surface area contributed by atoms with E-state index in [1.165, 1.54) is 55.5 Å². The Morgan fingerprint density at radius 2 is 1.28 bits per heavy atom. The first kappa shape index (κ1) is 87.6. The van der Waals surface area contributed by atoms with Crippen molar-refractivity contribution in [2.24, 2.45) is 11.7 Å². The molecule has 30 nitrogen and oxygen atoms in total. The molecule has 10 unspecified atom stereocenters. The molecule has 0 radical (unpaired) electrons. The van der Waals surface area contributed by atoms with Crippen LogP contribution in [0.5, 0.6) is 5.75 Å². The second-order valence-corrected chi connectivity index (χ2v) is 29.6. The van der Waals surface area contributed by atoms with Gasteiger partial charge in [0.2, 0.25) is 70.9 Å². The van der Waals surface area contributed by atoms with Gasteiger partial charge in [0.05, 0.1) is 12.2 Å². The van der Waals surface area contributed by atoms with Crippen LogP contribution in [0.4, 0.5) is 0 Å². The van der Waals surface area contributed by atoms with Crippen molar-refractivity contribution >= 4 is 99.2 Å². The molecule has 31 heteroatoms. The van der Waals surface area contributed by atoms with Crippen LogP contribution >= 0.6 is 11.6 Å². The summed E-state index contributed by atoms with van der Waals surface area (Å²) in [4.78, 5) is 193. The van der Waals surface area contributed by atoms with Gasteiger partial charge in [0.25, 0.3) is 5.91 Å². The number of hydrogen-bond acceptors (Lipinski definition) is 17. The smallest absolute Gasteiger partial charge is 0.252 e. The minimum atomic E-state index is -1.84. The van der Waals surface area contributed by atoms with Crippen LogP contribution in [0, 0.1) is 5.92 Å². The lowest BCUT2D eigenvalue weighted by atomic mass is 9.99. The molecule has 0 bridgehead atoms. The summed E-state index contributed by atoms with van der Waals surface area (Å²) < 4.78 is 0. The predicted octanol–water partition coefficient (Wildman–Crippen LogP) is 2.71. The maximum atomic E-state index is 15.4. The standard InChI is InChI=1S/C80H108ClN15O15/c1-48(2)41-63-74(105)91-62(22-11-12-37-84-49(3)4)80(111)96-40-16-23-67(96)77(108)88-59(70(82)101)34-35-69(100)85-38-13-9-20-60(89-76(107)65(43-51-25-30-57(81)31-26-51)93-75(106)64(87-50(5)98)44-53-24-29-54-17-7-8-18-55(54)42-53)73(104)94-66(47-97)79(110)95(6)68(45-52-27-32-58(99)33-28-52)78(109)90-61(72(103)92-63)21-10-14-39-86-71(102)56-19-15-36-83-46-56/h7-8,15,17-19,24-33,36,42,46,48-49,59-68,84,97,99H,9-14,16,20-23,34-35,37-41,43-45,47H2,1-6H3,(H2,82,101)(H,85,100)(H,86,102)(H,87,98)(H,88,108)(H,89,107)(H,90,109)(H,91,105)(H,92,103)(H,93,106)(H,94,104). The van der Waals surface area contributed by atoms with E-state index >= 15 is 24.0 Å². The molecule has 5 aromatic rings. The SMILES string of the molecule is CC(=O)NC(Cc1ccc2ccccc2c1)C(=O)NC(Cc1ccc(Cl)cc1)C(=O)NC1CCCCNC(=O)CCC(C(N)=O)NC(=O)C2CCCN2C(=O)C(CCCCNC(C)C)NC(=O)C(CC(C)C)NC(=O)C(CCCCNC(=O)c2cccnc2)NC(=O)C(Cc2ccc(O)cc2)N(C)C(=O)C(CO)NC1=O. The van der Waals surface area contributed by atoms with E-state index in [0.717, 1.165) is 15.7 Å². The number of carbonyl (C=O) groups is 13. The second kappa shape index (κ2) is 44.3. The zero-order chi connectivity index (χ0) is 80.7.